The number of azo groups is 1. The number of fused-ring (bicyclic) bond motifs is 1. The first-order valence-electron chi connectivity index (χ1n) is 9.44. The number of alkyl halides is 8. The summed E-state index contributed by atoms with van der Waals surface area (Å²) in [4.78, 5) is 1.68. The Morgan fingerprint density at radius 2 is 1.81 bits per heavy atom. The zero-order valence-corrected chi connectivity index (χ0v) is 19.2. The lowest BCUT2D eigenvalue weighted by atomic mass is 10.0. The molecule has 3 rings (SSSR count). The van der Waals surface area contributed by atoms with Crippen LogP contribution in [0.2, 0.25) is 0 Å². The molecule has 2 heterocycles. The van der Waals surface area contributed by atoms with Crippen molar-refractivity contribution in [3.05, 3.63) is 22.7 Å². The molecule has 1 aromatic carbocycles. The smallest absolute Gasteiger partial charge is 0.374 e. The number of sulfonamides is 1. The van der Waals surface area contributed by atoms with Gasteiger partial charge >= 0.3 is 27.8 Å². The summed E-state index contributed by atoms with van der Waals surface area (Å²) in [5, 5.41) is 21.7. The van der Waals surface area contributed by atoms with Gasteiger partial charge in [0.2, 0.25) is 6.29 Å². The molecule has 0 spiro atoms. The molecular weight excluding hydrogens is 556 g/mol. The van der Waals surface area contributed by atoms with Gasteiger partial charge in [0.1, 0.15) is 5.69 Å². The SMILES string of the molecule is CN1CCCc2cc(N=Nc3nnc(C(O)OC(F)(F)C(F)(F)F)s3)c(NS(=O)(=O)C(F)(F)F)cc21. The first kappa shape index (κ1) is 27.9. The van der Waals surface area contributed by atoms with Crippen molar-refractivity contribution in [2.24, 2.45) is 10.2 Å². The second-order valence-electron chi connectivity index (χ2n) is 7.18. The summed E-state index contributed by atoms with van der Waals surface area (Å²) >= 11 is 0.179. The van der Waals surface area contributed by atoms with Gasteiger partial charge in [0.25, 0.3) is 5.13 Å². The number of rotatable bonds is 7. The van der Waals surface area contributed by atoms with Crippen LogP contribution in [0.5, 0.6) is 0 Å². The molecule has 20 heteroatoms. The molecule has 200 valence electrons. The molecule has 2 N–H and O–H groups in total. The molecule has 0 bridgehead atoms. The Hall–Kier alpha value is -2.71. The number of hydrogen-bond donors (Lipinski definition) is 2. The van der Waals surface area contributed by atoms with E-state index in [1.54, 1.807) is 11.9 Å². The maximum Gasteiger partial charge on any atom is 0.516 e. The Kier molecular flexibility index (Phi) is 7.46. The van der Waals surface area contributed by atoms with E-state index in [1.807, 2.05) is 0 Å². The predicted octanol–water partition coefficient (Wildman–Crippen LogP) is 4.76. The zero-order valence-electron chi connectivity index (χ0n) is 17.6. The van der Waals surface area contributed by atoms with Crippen molar-refractivity contribution >= 4 is 43.6 Å². The summed E-state index contributed by atoms with van der Waals surface area (Å²) in [5.41, 5.74) is -5.59. The Labute approximate surface area is 200 Å². The highest BCUT2D eigenvalue weighted by Crippen LogP contribution is 2.41. The van der Waals surface area contributed by atoms with E-state index < -0.39 is 49.9 Å². The number of aromatic nitrogens is 2. The normalized spacial score (nSPS) is 16.3. The maximum atomic E-state index is 12.9. The first-order chi connectivity index (χ1) is 16.4. The summed E-state index contributed by atoms with van der Waals surface area (Å²) in [6.07, 6.45) is -13.5. The van der Waals surface area contributed by atoms with Crippen LogP contribution in [0.4, 0.5) is 57.3 Å². The largest absolute Gasteiger partial charge is 0.516 e. The molecule has 36 heavy (non-hydrogen) atoms. The summed E-state index contributed by atoms with van der Waals surface area (Å²) in [7, 11) is -4.21. The van der Waals surface area contributed by atoms with Crippen LogP contribution < -0.4 is 9.62 Å². The van der Waals surface area contributed by atoms with Crippen LogP contribution in [0.15, 0.2) is 22.4 Å². The molecule has 0 saturated heterocycles. The van der Waals surface area contributed by atoms with E-state index in [4.69, 9.17) is 0 Å². The van der Waals surface area contributed by atoms with E-state index in [1.165, 1.54) is 10.8 Å². The number of aliphatic hydroxyl groups excluding tert-OH is 1. The fraction of sp³-hybridized carbons (Fsp3) is 0.500. The van der Waals surface area contributed by atoms with Crippen LogP contribution >= 0.6 is 11.3 Å². The van der Waals surface area contributed by atoms with Crippen molar-refractivity contribution in [2.45, 2.75) is 36.9 Å². The molecule has 0 saturated carbocycles. The highest BCUT2D eigenvalue weighted by molar-refractivity contribution is 7.93. The van der Waals surface area contributed by atoms with E-state index in [2.05, 4.69) is 25.2 Å². The number of benzene rings is 1. The number of ether oxygens (including phenoxy) is 1. The van der Waals surface area contributed by atoms with Crippen molar-refractivity contribution in [1.82, 2.24) is 10.2 Å². The maximum absolute atomic E-state index is 12.9. The molecule has 1 unspecified atom stereocenters. The summed E-state index contributed by atoms with van der Waals surface area (Å²) < 4.78 is 129. The van der Waals surface area contributed by atoms with E-state index in [0.717, 1.165) is 6.07 Å². The third-order valence-corrected chi connectivity index (χ3v) is 6.51. The van der Waals surface area contributed by atoms with Gasteiger partial charge in [0.05, 0.1) is 5.69 Å². The molecule has 1 atom stereocenters. The van der Waals surface area contributed by atoms with Gasteiger partial charge < -0.3 is 10.0 Å². The second-order valence-corrected chi connectivity index (χ2v) is 9.84. The Morgan fingerprint density at radius 3 is 2.42 bits per heavy atom. The number of halogens is 8. The molecule has 1 aromatic heterocycles. The first-order valence-corrected chi connectivity index (χ1v) is 11.7. The van der Waals surface area contributed by atoms with Gasteiger partial charge in [-0.3, -0.25) is 9.46 Å². The lowest BCUT2D eigenvalue weighted by Crippen LogP contribution is -2.40. The van der Waals surface area contributed by atoms with Gasteiger partial charge in [-0.25, -0.2) is 0 Å². The third kappa shape index (κ3) is 5.98. The monoisotopic (exact) mass is 570 g/mol. The van der Waals surface area contributed by atoms with Crippen LogP contribution in [0.3, 0.4) is 0 Å². The standard InChI is InChI=1S/C16H14F8N6O4S2/c1-30-4-2-3-7-5-8(9(6-10(7)30)29-36(32,33)16(22,23)24)25-27-13-28-26-11(35-13)12(31)34-15(20,21)14(17,18)19/h5-6,12,29,31H,2-4H2,1H3. The molecule has 1 aliphatic heterocycles. The minimum Gasteiger partial charge on any atom is -0.374 e. The van der Waals surface area contributed by atoms with Crippen LogP contribution in [0.1, 0.15) is 23.3 Å². The molecule has 0 aliphatic carbocycles. The van der Waals surface area contributed by atoms with Crippen molar-refractivity contribution in [2.75, 3.05) is 23.2 Å². The number of aliphatic hydroxyl groups is 1. The van der Waals surface area contributed by atoms with Gasteiger partial charge in [0, 0.05) is 19.3 Å². The van der Waals surface area contributed by atoms with Gasteiger partial charge in [-0.15, -0.1) is 20.4 Å². The minimum absolute atomic E-state index is 0.179. The predicted molar refractivity (Wildman–Crippen MR) is 108 cm³/mol. The van der Waals surface area contributed by atoms with E-state index >= 15 is 0 Å². The summed E-state index contributed by atoms with van der Waals surface area (Å²) in [6, 6.07) is 2.39. The van der Waals surface area contributed by atoms with Crippen LogP contribution in [-0.4, -0.2) is 55.1 Å². The second kappa shape index (κ2) is 9.63. The van der Waals surface area contributed by atoms with E-state index in [9.17, 15) is 48.6 Å². The molecule has 0 radical (unpaired) electrons. The van der Waals surface area contributed by atoms with Crippen molar-refractivity contribution in [1.29, 1.82) is 0 Å². The molecular formula is C16H14F8N6O4S2. The molecule has 0 amide bonds. The lowest BCUT2D eigenvalue weighted by molar-refractivity contribution is -0.422. The quantitative estimate of drug-likeness (QED) is 0.279. The van der Waals surface area contributed by atoms with Crippen LogP contribution in [0.25, 0.3) is 0 Å². The van der Waals surface area contributed by atoms with Crippen LogP contribution in [-0.2, 0) is 21.2 Å². The summed E-state index contributed by atoms with van der Waals surface area (Å²) in [6.45, 7) is 0.546. The average Bonchev–Trinajstić information content (AvgIpc) is 3.20. The third-order valence-electron chi connectivity index (χ3n) is 4.57. The molecule has 2 aromatic rings. The lowest BCUT2D eigenvalue weighted by Gasteiger charge is -2.28. The van der Waals surface area contributed by atoms with E-state index in [-0.39, 0.29) is 17.0 Å². The molecule has 0 fully saturated rings. The number of nitrogens with zero attached hydrogens (tertiary/aromatic N) is 5. The number of anilines is 2. The van der Waals surface area contributed by atoms with Gasteiger partial charge in [0.15, 0.2) is 5.01 Å². The van der Waals surface area contributed by atoms with E-state index in [0.29, 0.717) is 30.6 Å². The van der Waals surface area contributed by atoms with Gasteiger partial charge in [-0.05, 0) is 30.5 Å². The number of nitrogens with one attached hydrogen (secondary N) is 1. The summed E-state index contributed by atoms with van der Waals surface area (Å²) in [5.74, 6) is 0. The zero-order chi connectivity index (χ0) is 27.1. The Balaban J connectivity index is 1.91. The van der Waals surface area contributed by atoms with Crippen molar-refractivity contribution < 1.29 is 53.4 Å². The Morgan fingerprint density at radius 1 is 1.14 bits per heavy atom. The fourth-order valence-corrected chi connectivity index (χ4v) is 4.04. The fourth-order valence-electron chi connectivity index (χ4n) is 2.89. The Bertz CT molecular complexity index is 1250. The van der Waals surface area contributed by atoms with Crippen molar-refractivity contribution in [3.8, 4) is 0 Å². The van der Waals surface area contributed by atoms with Crippen LogP contribution in [0, 0.1) is 0 Å². The average molecular weight is 570 g/mol. The van der Waals surface area contributed by atoms with Gasteiger partial charge in [-0.2, -0.15) is 43.5 Å². The minimum atomic E-state index is -6.12. The van der Waals surface area contributed by atoms with Gasteiger partial charge in [-0.1, -0.05) is 11.3 Å². The highest BCUT2D eigenvalue weighted by Gasteiger charge is 2.61. The highest BCUT2D eigenvalue weighted by atomic mass is 32.2. The van der Waals surface area contributed by atoms with Crippen molar-refractivity contribution in [3.63, 3.8) is 0 Å². The molecule has 1 aliphatic rings. The molecule has 10 nitrogen and oxygen atoms in total. The number of hydrogen-bond acceptors (Lipinski definition) is 10. The number of aryl methyl sites for hydroxylation is 1. The topological polar surface area (TPSA) is 129 Å².